The minimum absolute atomic E-state index is 0.0486. The quantitative estimate of drug-likeness (QED) is 0.448. The van der Waals surface area contributed by atoms with Gasteiger partial charge in [0, 0.05) is 62.3 Å². The van der Waals surface area contributed by atoms with Crippen LogP contribution in [0.3, 0.4) is 0 Å². The average Bonchev–Trinajstić information content (AvgIpc) is 2.83. The number of hydrogen-bond acceptors (Lipinski definition) is 4. The minimum atomic E-state index is -0.0486. The molecule has 0 bridgehead atoms. The van der Waals surface area contributed by atoms with E-state index in [1.54, 1.807) is 24.5 Å². The highest BCUT2D eigenvalue weighted by molar-refractivity contribution is 5.94. The molecular formula is C26H30N4O. The first-order valence-electron chi connectivity index (χ1n) is 11.1. The first kappa shape index (κ1) is 21.1. The van der Waals surface area contributed by atoms with Crippen LogP contribution < -0.4 is 10.2 Å². The third-order valence-corrected chi connectivity index (χ3v) is 5.79. The van der Waals surface area contributed by atoms with E-state index in [2.05, 4.69) is 62.6 Å². The molecular weight excluding hydrogens is 384 g/mol. The SMILES string of the molecule is O=C(/C=C\c1cccnc1)NCCCCN1CCN(c2cccc3ccccc23)CC1. The second-order valence-corrected chi connectivity index (χ2v) is 7.94. The van der Waals surface area contributed by atoms with Crippen molar-refractivity contribution in [2.45, 2.75) is 12.8 Å². The second kappa shape index (κ2) is 10.7. The van der Waals surface area contributed by atoms with Crippen LogP contribution in [-0.4, -0.2) is 55.1 Å². The highest BCUT2D eigenvalue weighted by Gasteiger charge is 2.18. The first-order chi connectivity index (χ1) is 15.3. The molecule has 1 aliphatic rings. The topological polar surface area (TPSA) is 48.5 Å². The van der Waals surface area contributed by atoms with Gasteiger partial charge in [-0.05, 0) is 48.5 Å². The molecule has 0 aliphatic carbocycles. The van der Waals surface area contributed by atoms with Gasteiger partial charge in [0.1, 0.15) is 0 Å². The molecule has 1 aromatic heterocycles. The normalized spacial score (nSPS) is 14.9. The first-order valence-corrected chi connectivity index (χ1v) is 11.1. The van der Waals surface area contributed by atoms with Crippen LogP contribution in [0.4, 0.5) is 5.69 Å². The van der Waals surface area contributed by atoms with Crippen LogP contribution >= 0.6 is 0 Å². The van der Waals surface area contributed by atoms with E-state index in [-0.39, 0.29) is 5.91 Å². The summed E-state index contributed by atoms with van der Waals surface area (Å²) >= 11 is 0. The van der Waals surface area contributed by atoms with Crippen molar-refractivity contribution < 1.29 is 4.79 Å². The Morgan fingerprint density at radius 3 is 2.65 bits per heavy atom. The fourth-order valence-corrected chi connectivity index (χ4v) is 4.07. The Hall–Kier alpha value is -3.18. The Labute approximate surface area is 184 Å². The Morgan fingerprint density at radius 1 is 0.968 bits per heavy atom. The zero-order valence-corrected chi connectivity index (χ0v) is 17.9. The monoisotopic (exact) mass is 414 g/mol. The van der Waals surface area contributed by atoms with Gasteiger partial charge in [0.05, 0.1) is 0 Å². The third-order valence-electron chi connectivity index (χ3n) is 5.79. The number of aromatic nitrogens is 1. The summed E-state index contributed by atoms with van der Waals surface area (Å²) in [5, 5.41) is 5.61. The van der Waals surface area contributed by atoms with Gasteiger partial charge in [-0.1, -0.05) is 42.5 Å². The van der Waals surface area contributed by atoms with Crippen LogP contribution in [0.2, 0.25) is 0 Å². The number of rotatable bonds is 8. The zero-order valence-electron chi connectivity index (χ0n) is 17.9. The number of fused-ring (bicyclic) bond motifs is 1. The molecule has 0 saturated carbocycles. The smallest absolute Gasteiger partial charge is 0.243 e. The number of hydrogen-bond donors (Lipinski definition) is 1. The van der Waals surface area contributed by atoms with Gasteiger partial charge in [0.25, 0.3) is 0 Å². The summed E-state index contributed by atoms with van der Waals surface area (Å²) in [6.07, 6.45) is 8.92. The summed E-state index contributed by atoms with van der Waals surface area (Å²) in [4.78, 5) is 21.0. The molecule has 1 aliphatic heterocycles. The van der Waals surface area contributed by atoms with Crippen molar-refractivity contribution in [2.24, 2.45) is 0 Å². The van der Waals surface area contributed by atoms with Crippen LogP contribution in [0, 0.1) is 0 Å². The summed E-state index contributed by atoms with van der Waals surface area (Å²) in [7, 11) is 0. The Balaban J connectivity index is 1.14. The van der Waals surface area contributed by atoms with Crippen LogP contribution in [0.15, 0.2) is 73.1 Å². The standard InChI is InChI=1S/C26H30N4O/c31-26(13-12-22-7-6-14-27-21-22)28-15-3-4-16-29-17-19-30(20-18-29)25-11-5-9-23-8-1-2-10-24(23)25/h1-2,5-14,21H,3-4,15-20H2,(H,28,31)/b13-12-. The van der Waals surface area contributed by atoms with E-state index in [4.69, 9.17) is 0 Å². The van der Waals surface area contributed by atoms with Crippen molar-refractivity contribution in [3.8, 4) is 0 Å². The van der Waals surface area contributed by atoms with Gasteiger partial charge in [-0.3, -0.25) is 14.7 Å². The van der Waals surface area contributed by atoms with E-state index in [9.17, 15) is 4.79 Å². The molecule has 31 heavy (non-hydrogen) atoms. The van der Waals surface area contributed by atoms with E-state index in [1.807, 2.05) is 12.1 Å². The Morgan fingerprint density at radius 2 is 1.81 bits per heavy atom. The Bertz CT molecular complexity index is 1000. The number of nitrogens with one attached hydrogen (secondary N) is 1. The molecule has 2 heterocycles. The summed E-state index contributed by atoms with van der Waals surface area (Å²) in [6.45, 7) is 6.09. The summed E-state index contributed by atoms with van der Waals surface area (Å²) in [6, 6.07) is 19.0. The number of nitrogens with zero attached hydrogens (tertiary/aromatic N) is 3. The van der Waals surface area contributed by atoms with Crippen LogP contribution in [0.25, 0.3) is 16.8 Å². The fourth-order valence-electron chi connectivity index (χ4n) is 4.07. The number of carbonyl (C=O) groups is 1. The largest absolute Gasteiger partial charge is 0.368 e. The van der Waals surface area contributed by atoms with Crippen LogP contribution in [0.1, 0.15) is 18.4 Å². The van der Waals surface area contributed by atoms with E-state index in [0.29, 0.717) is 6.54 Å². The molecule has 1 N–H and O–H groups in total. The van der Waals surface area contributed by atoms with Crippen molar-refractivity contribution >= 4 is 28.4 Å². The van der Waals surface area contributed by atoms with Gasteiger partial charge >= 0.3 is 0 Å². The lowest BCUT2D eigenvalue weighted by Gasteiger charge is -2.36. The molecule has 1 fully saturated rings. The molecule has 5 heteroatoms. The number of benzene rings is 2. The van der Waals surface area contributed by atoms with Crippen LogP contribution in [0.5, 0.6) is 0 Å². The maximum atomic E-state index is 11.9. The molecule has 0 spiro atoms. The van der Waals surface area contributed by atoms with Gasteiger partial charge < -0.3 is 10.2 Å². The van der Waals surface area contributed by atoms with Gasteiger partial charge in [-0.15, -0.1) is 0 Å². The van der Waals surface area contributed by atoms with Crippen molar-refractivity contribution in [3.63, 3.8) is 0 Å². The molecule has 1 amide bonds. The zero-order chi connectivity index (χ0) is 21.3. The molecule has 0 atom stereocenters. The van der Waals surface area contributed by atoms with Gasteiger partial charge in [-0.25, -0.2) is 0 Å². The Kier molecular flexibility index (Phi) is 7.29. The maximum absolute atomic E-state index is 11.9. The number of amides is 1. The lowest BCUT2D eigenvalue weighted by molar-refractivity contribution is -0.116. The predicted octanol–water partition coefficient (Wildman–Crippen LogP) is 3.97. The van der Waals surface area contributed by atoms with Crippen molar-refractivity contribution in [3.05, 3.63) is 78.6 Å². The molecule has 2 aromatic carbocycles. The highest BCUT2D eigenvalue weighted by atomic mass is 16.1. The molecule has 5 nitrogen and oxygen atoms in total. The van der Waals surface area contributed by atoms with Gasteiger partial charge in [-0.2, -0.15) is 0 Å². The third kappa shape index (κ3) is 5.92. The molecule has 1 saturated heterocycles. The van der Waals surface area contributed by atoms with E-state index >= 15 is 0 Å². The number of unbranched alkanes of at least 4 members (excludes halogenated alkanes) is 1. The fraction of sp³-hybridized carbons (Fsp3) is 0.308. The number of pyridine rings is 1. The molecule has 0 unspecified atom stereocenters. The second-order valence-electron chi connectivity index (χ2n) is 7.94. The van der Waals surface area contributed by atoms with Crippen molar-refractivity contribution in [2.75, 3.05) is 44.2 Å². The van der Waals surface area contributed by atoms with E-state index in [0.717, 1.165) is 51.1 Å². The molecule has 160 valence electrons. The minimum Gasteiger partial charge on any atom is -0.368 e. The number of anilines is 1. The summed E-state index contributed by atoms with van der Waals surface area (Å²) < 4.78 is 0. The molecule has 0 radical (unpaired) electrons. The number of carbonyl (C=O) groups excluding carboxylic acids is 1. The summed E-state index contributed by atoms with van der Waals surface area (Å²) in [5.41, 5.74) is 2.28. The lowest BCUT2D eigenvalue weighted by atomic mass is 10.1. The maximum Gasteiger partial charge on any atom is 0.243 e. The highest BCUT2D eigenvalue weighted by Crippen LogP contribution is 2.27. The average molecular weight is 415 g/mol. The predicted molar refractivity (Wildman–Crippen MR) is 128 cm³/mol. The van der Waals surface area contributed by atoms with Gasteiger partial charge in [0.15, 0.2) is 0 Å². The van der Waals surface area contributed by atoms with Crippen molar-refractivity contribution in [1.82, 2.24) is 15.2 Å². The van der Waals surface area contributed by atoms with E-state index < -0.39 is 0 Å². The van der Waals surface area contributed by atoms with Crippen LogP contribution in [-0.2, 0) is 4.79 Å². The van der Waals surface area contributed by atoms with Gasteiger partial charge in [0.2, 0.25) is 5.91 Å². The molecule has 3 aromatic rings. The lowest BCUT2D eigenvalue weighted by Crippen LogP contribution is -2.46. The number of piperazine rings is 1. The summed E-state index contributed by atoms with van der Waals surface area (Å²) in [5.74, 6) is -0.0486. The molecule has 4 rings (SSSR count). The van der Waals surface area contributed by atoms with Crippen molar-refractivity contribution in [1.29, 1.82) is 0 Å². The van der Waals surface area contributed by atoms with E-state index in [1.165, 1.54) is 16.5 Å².